The Morgan fingerprint density at radius 1 is 1.16 bits per heavy atom. The van der Waals surface area contributed by atoms with Gasteiger partial charge in [0.25, 0.3) is 0 Å². The molecule has 0 spiro atoms. The first-order valence-electron chi connectivity index (χ1n) is 7.76. The van der Waals surface area contributed by atoms with Crippen LogP contribution in [0.15, 0.2) is 42.5 Å². The van der Waals surface area contributed by atoms with Gasteiger partial charge in [0, 0.05) is 25.6 Å². The summed E-state index contributed by atoms with van der Waals surface area (Å²) in [7, 11) is 1.88. The van der Waals surface area contributed by atoms with Crippen LogP contribution < -0.4 is 10.1 Å². The van der Waals surface area contributed by atoms with E-state index in [1.54, 1.807) is 30.3 Å². The van der Waals surface area contributed by atoms with Gasteiger partial charge in [-0.1, -0.05) is 35.3 Å². The van der Waals surface area contributed by atoms with Crippen LogP contribution in [0.25, 0.3) is 0 Å². The number of nitrogens with one attached hydrogen (secondary N) is 1. The Bertz CT molecular complexity index is 708. The van der Waals surface area contributed by atoms with Crippen molar-refractivity contribution in [3.8, 4) is 5.75 Å². The van der Waals surface area contributed by atoms with Crippen LogP contribution in [0.4, 0.5) is 10.1 Å². The number of carbonyl (C=O) groups is 1. The van der Waals surface area contributed by atoms with Gasteiger partial charge in [-0.3, -0.25) is 4.79 Å². The van der Waals surface area contributed by atoms with Gasteiger partial charge in [0.1, 0.15) is 18.2 Å². The third-order valence-electron chi connectivity index (χ3n) is 3.49. The predicted molar refractivity (Wildman–Crippen MR) is 99.1 cm³/mol. The Hall–Kier alpha value is -1.82. The fourth-order valence-corrected chi connectivity index (χ4v) is 2.59. The summed E-state index contributed by atoms with van der Waals surface area (Å²) in [6.07, 6.45) is 0.290. The Balaban J connectivity index is 1.70. The van der Waals surface area contributed by atoms with Crippen LogP contribution in [0.3, 0.4) is 0 Å². The number of para-hydroxylation sites is 1. The number of hydrogen-bond acceptors (Lipinski definition) is 3. The smallest absolute Gasteiger partial charge is 0.225 e. The Labute approximate surface area is 156 Å². The second-order valence-corrected chi connectivity index (χ2v) is 6.32. The summed E-state index contributed by atoms with van der Waals surface area (Å²) >= 11 is 12.0. The lowest BCUT2D eigenvalue weighted by atomic mass is 10.3. The molecule has 2 aromatic carbocycles. The zero-order valence-electron chi connectivity index (χ0n) is 13.8. The average Bonchev–Trinajstić information content (AvgIpc) is 2.56. The maximum absolute atomic E-state index is 13.0. The van der Waals surface area contributed by atoms with Crippen LogP contribution in [0.2, 0.25) is 10.0 Å². The number of carbonyl (C=O) groups excluding carboxylic acids is 1. The number of nitrogens with zero attached hydrogens (tertiary/aromatic N) is 1. The van der Waals surface area contributed by atoms with Gasteiger partial charge < -0.3 is 15.0 Å². The van der Waals surface area contributed by atoms with Gasteiger partial charge in [-0.15, -0.1) is 0 Å². The van der Waals surface area contributed by atoms with Crippen LogP contribution in [0, 0.1) is 5.82 Å². The maximum Gasteiger partial charge on any atom is 0.225 e. The second-order valence-electron chi connectivity index (χ2n) is 5.50. The largest absolute Gasteiger partial charge is 0.492 e. The molecule has 0 aliphatic heterocycles. The molecular weight excluding hydrogens is 366 g/mol. The monoisotopic (exact) mass is 384 g/mol. The number of anilines is 1. The van der Waals surface area contributed by atoms with E-state index in [-0.39, 0.29) is 18.1 Å². The topological polar surface area (TPSA) is 41.6 Å². The van der Waals surface area contributed by atoms with Gasteiger partial charge in [0.2, 0.25) is 5.91 Å². The van der Waals surface area contributed by atoms with Crippen molar-refractivity contribution in [2.75, 3.05) is 32.1 Å². The van der Waals surface area contributed by atoms with Crippen molar-refractivity contribution in [3.63, 3.8) is 0 Å². The first kappa shape index (κ1) is 19.5. The van der Waals surface area contributed by atoms with E-state index in [0.717, 1.165) is 0 Å². The molecule has 0 aliphatic carbocycles. The van der Waals surface area contributed by atoms with Crippen LogP contribution in [-0.4, -0.2) is 37.6 Å². The quantitative estimate of drug-likeness (QED) is 0.729. The minimum atomic E-state index is -0.333. The number of amides is 1. The summed E-state index contributed by atoms with van der Waals surface area (Å²) in [4.78, 5) is 14.0. The molecule has 2 aromatic rings. The molecule has 25 heavy (non-hydrogen) atoms. The van der Waals surface area contributed by atoms with E-state index < -0.39 is 0 Å². The molecule has 0 heterocycles. The molecule has 1 amide bonds. The molecular formula is C18H19Cl2FN2O2. The van der Waals surface area contributed by atoms with Crippen LogP contribution in [0.1, 0.15) is 6.42 Å². The van der Waals surface area contributed by atoms with Gasteiger partial charge in [0.15, 0.2) is 0 Å². The van der Waals surface area contributed by atoms with Gasteiger partial charge in [0.05, 0.1) is 15.7 Å². The summed E-state index contributed by atoms with van der Waals surface area (Å²) in [5.74, 6) is -0.0202. The highest BCUT2D eigenvalue weighted by molar-refractivity contribution is 6.39. The normalized spacial score (nSPS) is 10.8. The van der Waals surface area contributed by atoms with E-state index in [2.05, 4.69) is 5.32 Å². The van der Waals surface area contributed by atoms with Gasteiger partial charge in [-0.25, -0.2) is 4.39 Å². The standard InChI is InChI=1S/C18H19Cl2FN2O2/c1-23(10-11-25-14-5-2-4-13(21)12-14)9-8-17(24)22-18-15(19)6-3-7-16(18)20/h2-7,12H,8-11H2,1H3,(H,22,24). The Morgan fingerprint density at radius 3 is 2.52 bits per heavy atom. The molecule has 1 N–H and O–H groups in total. The number of ether oxygens (including phenoxy) is 1. The fourth-order valence-electron chi connectivity index (χ4n) is 2.10. The van der Waals surface area contributed by atoms with E-state index in [1.807, 2.05) is 11.9 Å². The van der Waals surface area contributed by atoms with Crippen molar-refractivity contribution in [3.05, 3.63) is 58.3 Å². The lowest BCUT2D eigenvalue weighted by Gasteiger charge is -2.17. The molecule has 0 aliphatic rings. The molecule has 0 unspecified atom stereocenters. The van der Waals surface area contributed by atoms with Gasteiger partial charge in [-0.05, 0) is 31.3 Å². The van der Waals surface area contributed by atoms with Crippen molar-refractivity contribution < 1.29 is 13.9 Å². The summed E-state index contributed by atoms with van der Waals surface area (Å²) in [5.41, 5.74) is 0.424. The van der Waals surface area contributed by atoms with E-state index in [9.17, 15) is 9.18 Å². The molecule has 0 fully saturated rings. The van der Waals surface area contributed by atoms with Crippen LogP contribution in [0.5, 0.6) is 5.75 Å². The molecule has 0 saturated heterocycles. The van der Waals surface area contributed by atoms with Gasteiger partial charge >= 0.3 is 0 Å². The molecule has 134 valence electrons. The van der Waals surface area contributed by atoms with Crippen molar-refractivity contribution in [2.24, 2.45) is 0 Å². The molecule has 0 atom stereocenters. The van der Waals surface area contributed by atoms with Crippen molar-refractivity contribution in [1.29, 1.82) is 0 Å². The zero-order chi connectivity index (χ0) is 18.2. The number of halogens is 3. The zero-order valence-corrected chi connectivity index (χ0v) is 15.3. The molecule has 0 aromatic heterocycles. The lowest BCUT2D eigenvalue weighted by molar-refractivity contribution is -0.116. The number of likely N-dealkylation sites (N-methyl/N-ethyl adjacent to an activating group) is 1. The Morgan fingerprint density at radius 2 is 1.84 bits per heavy atom. The highest BCUT2D eigenvalue weighted by atomic mass is 35.5. The Kier molecular flexibility index (Phi) is 7.50. The van der Waals surface area contributed by atoms with E-state index in [1.165, 1.54) is 12.1 Å². The highest BCUT2D eigenvalue weighted by Crippen LogP contribution is 2.29. The first-order valence-corrected chi connectivity index (χ1v) is 8.52. The van der Waals surface area contributed by atoms with Crippen molar-refractivity contribution in [1.82, 2.24) is 4.90 Å². The highest BCUT2D eigenvalue weighted by Gasteiger charge is 2.10. The average molecular weight is 385 g/mol. The molecule has 0 radical (unpaired) electrons. The van der Waals surface area contributed by atoms with Gasteiger partial charge in [-0.2, -0.15) is 0 Å². The molecule has 0 saturated carbocycles. The lowest BCUT2D eigenvalue weighted by Crippen LogP contribution is -2.28. The van der Waals surface area contributed by atoms with E-state index in [0.29, 0.717) is 41.2 Å². The fraction of sp³-hybridized carbons (Fsp3) is 0.278. The first-order chi connectivity index (χ1) is 12.0. The minimum Gasteiger partial charge on any atom is -0.492 e. The number of hydrogen-bond donors (Lipinski definition) is 1. The molecule has 2 rings (SSSR count). The third-order valence-corrected chi connectivity index (χ3v) is 4.12. The third kappa shape index (κ3) is 6.53. The van der Waals surface area contributed by atoms with Crippen LogP contribution in [-0.2, 0) is 4.79 Å². The molecule has 7 heteroatoms. The SMILES string of the molecule is CN(CCOc1cccc(F)c1)CCC(=O)Nc1c(Cl)cccc1Cl. The van der Waals surface area contributed by atoms with E-state index >= 15 is 0 Å². The van der Waals surface area contributed by atoms with Crippen molar-refractivity contribution in [2.45, 2.75) is 6.42 Å². The number of rotatable bonds is 8. The number of benzene rings is 2. The summed E-state index contributed by atoms with van der Waals surface area (Å²) in [5, 5.41) is 3.52. The summed E-state index contributed by atoms with van der Waals surface area (Å²) in [6.45, 7) is 1.55. The predicted octanol–water partition coefficient (Wildman–Crippen LogP) is 4.47. The second kappa shape index (κ2) is 9.61. The van der Waals surface area contributed by atoms with Crippen molar-refractivity contribution >= 4 is 34.8 Å². The minimum absolute atomic E-state index is 0.173. The van der Waals surface area contributed by atoms with E-state index in [4.69, 9.17) is 27.9 Å². The molecule has 4 nitrogen and oxygen atoms in total. The molecule has 0 bridgehead atoms. The van der Waals surface area contributed by atoms with Crippen LogP contribution >= 0.6 is 23.2 Å². The summed E-state index contributed by atoms with van der Waals surface area (Å²) in [6, 6.07) is 11.0. The maximum atomic E-state index is 13.0. The summed E-state index contributed by atoms with van der Waals surface area (Å²) < 4.78 is 18.5.